The van der Waals surface area contributed by atoms with E-state index in [0.717, 1.165) is 13.1 Å². The molecular weight excluding hydrogens is 276 g/mol. The Balaban J connectivity index is 2.02. The SMILES string of the molecule is C=CCOC(=O)NC[C@@H](c1ccccc1)N1CCC[C@H](C)C1. The summed E-state index contributed by atoms with van der Waals surface area (Å²) in [5, 5.41) is 2.88. The van der Waals surface area contributed by atoms with Crippen LogP contribution >= 0.6 is 0 Å². The molecule has 4 nitrogen and oxygen atoms in total. The van der Waals surface area contributed by atoms with E-state index in [1.54, 1.807) is 6.08 Å². The number of hydrogen-bond donors (Lipinski definition) is 1. The fourth-order valence-corrected chi connectivity index (χ4v) is 3.01. The number of alkyl carbamates (subject to hydrolysis) is 1. The zero-order chi connectivity index (χ0) is 15.8. The van der Waals surface area contributed by atoms with Crippen molar-refractivity contribution in [3.05, 3.63) is 48.6 Å². The minimum absolute atomic E-state index is 0.195. The van der Waals surface area contributed by atoms with Gasteiger partial charge in [0.15, 0.2) is 0 Å². The van der Waals surface area contributed by atoms with Gasteiger partial charge in [-0.1, -0.05) is 49.9 Å². The number of benzene rings is 1. The second-order valence-corrected chi connectivity index (χ2v) is 5.94. The molecule has 1 aliphatic heterocycles. The summed E-state index contributed by atoms with van der Waals surface area (Å²) in [6.07, 6.45) is 3.68. The van der Waals surface area contributed by atoms with Crippen molar-refractivity contribution in [2.75, 3.05) is 26.2 Å². The van der Waals surface area contributed by atoms with Crippen LogP contribution in [-0.4, -0.2) is 37.2 Å². The highest BCUT2D eigenvalue weighted by molar-refractivity contribution is 5.67. The first-order chi connectivity index (χ1) is 10.7. The first-order valence-electron chi connectivity index (χ1n) is 8.01. The molecule has 0 spiro atoms. The van der Waals surface area contributed by atoms with Crippen molar-refractivity contribution in [1.82, 2.24) is 10.2 Å². The van der Waals surface area contributed by atoms with Crippen molar-refractivity contribution in [3.8, 4) is 0 Å². The van der Waals surface area contributed by atoms with E-state index in [1.165, 1.54) is 18.4 Å². The topological polar surface area (TPSA) is 41.6 Å². The Morgan fingerprint density at radius 1 is 1.50 bits per heavy atom. The number of ether oxygens (including phenoxy) is 1. The number of carbonyl (C=O) groups excluding carboxylic acids is 1. The highest BCUT2D eigenvalue weighted by Crippen LogP contribution is 2.26. The minimum atomic E-state index is -0.383. The molecule has 1 aliphatic rings. The summed E-state index contributed by atoms with van der Waals surface area (Å²) in [5.41, 5.74) is 1.24. The molecule has 1 aromatic carbocycles. The fraction of sp³-hybridized carbons (Fsp3) is 0.500. The van der Waals surface area contributed by atoms with Crippen molar-refractivity contribution in [3.63, 3.8) is 0 Å². The van der Waals surface area contributed by atoms with Gasteiger partial charge in [-0.3, -0.25) is 4.90 Å². The lowest BCUT2D eigenvalue weighted by Gasteiger charge is -2.37. The Morgan fingerprint density at radius 2 is 2.27 bits per heavy atom. The molecule has 0 aromatic heterocycles. The van der Waals surface area contributed by atoms with E-state index >= 15 is 0 Å². The van der Waals surface area contributed by atoms with Crippen molar-refractivity contribution in [2.24, 2.45) is 5.92 Å². The fourth-order valence-electron chi connectivity index (χ4n) is 3.01. The van der Waals surface area contributed by atoms with Crippen molar-refractivity contribution in [2.45, 2.75) is 25.8 Å². The number of rotatable bonds is 6. The quantitative estimate of drug-likeness (QED) is 0.819. The van der Waals surface area contributed by atoms with Crippen LogP contribution < -0.4 is 5.32 Å². The monoisotopic (exact) mass is 302 g/mol. The van der Waals surface area contributed by atoms with Gasteiger partial charge in [0.25, 0.3) is 0 Å². The van der Waals surface area contributed by atoms with Crippen LogP contribution in [0.1, 0.15) is 31.4 Å². The van der Waals surface area contributed by atoms with Gasteiger partial charge in [-0.15, -0.1) is 0 Å². The summed E-state index contributed by atoms with van der Waals surface area (Å²) in [6.45, 7) is 8.79. The van der Waals surface area contributed by atoms with E-state index in [4.69, 9.17) is 4.74 Å². The zero-order valence-electron chi connectivity index (χ0n) is 13.3. The Kier molecular flexibility index (Phi) is 6.46. The second kappa shape index (κ2) is 8.59. The number of hydrogen-bond acceptors (Lipinski definition) is 3. The summed E-state index contributed by atoms with van der Waals surface area (Å²) in [7, 11) is 0. The van der Waals surface area contributed by atoms with Crippen LogP contribution in [0.15, 0.2) is 43.0 Å². The molecule has 0 radical (unpaired) electrons. The molecular formula is C18H26N2O2. The molecule has 1 amide bonds. The lowest BCUT2D eigenvalue weighted by Crippen LogP contribution is -2.42. The van der Waals surface area contributed by atoms with Gasteiger partial charge < -0.3 is 10.1 Å². The third-order valence-electron chi connectivity index (χ3n) is 4.09. The zero-order valence-corrected chi connectivity index (χ0v) is 13.3. The largest absolute Gasteiger partial charge is 0.445 e. The van der Waals surface area contributed by atoms with Crippen molar-refractivity contribution >= 4 is 6.09 Å². The number of carbonyl (C=O) groups is 1. The lowest BCUT2D eigenvalue weighted by molar-refractivity contribution is 0.120. The molecule has 0 bridgehead atoms. The van der Waals surface area contributed by atoms with Crippen LogP contribution in [0.5, 0.6) is 0 Å². The highest BCUT2D eigenvalue weighted by atomic mass is 16.5. The molecule has 0 aliphatic carbocycles. The third-order valence-corrected chi connectivity index (χ3v) is 4.09. The van der Waals surface area contributed by atoms with Gasteiger partial charge in [-0.05, 0) is 30.9 Å². The maximum absolute atomic E-state index is 11.7. The van der Waals surface area contributed by atoms with Crippen LogP contribution in [0.25, 0.3) is 0 Å². The van der Waals surface area contributed by atoms with Gasteiger partial charge in [0.1, 0.15) is 6.61 Å². The molecule has 2 rings (SSSR count). The van der Waals surface area contributed by atoms with Gasteiger partial charge in [-0.2, -0.15) is 0 Å². The standard InChI is InChI=1S/C18H26N2O2/c1-3-12-22-18(21)19-13-17(16-9-5-4-6-10-16)20-11-7-8-15(2)14-20/h3-6,9-10,15,17H,1,7-8,11-14H2,2H3,(H,19,21)/t15-,17-/m0/s1. The van der Waals surface area contributed by atoms with Crippen LogP contribution in [0.3, 0.4) is 0 Å². The van der Waals surface area contributed by atoms with Crippen molar-refractivity contribution < 1.29 is 9.53 Å². The Labute approximate surface area is 133 Å². The Morgan fingerprint density at radius 3 is 2.95 bits per heavy atom. The number of likely N-dealkylation sites (tertiary alicyclic amines) is 1. The summed E-state index contributed by atoms with van der Waals surface area (Å²) in [5.74, 6) is 0.702. The summed E-state index contributed by atoms with van der Waals surface area (Å²) < 4.78 is 5.00. The van der Waals surface area contributed by atoms with E-state index in [2.05, 4.69) is 35.9 Å². The molecule has 1 saturated heterocycles. The summed E-state index contributed by atoms with van der Waals surface area (Å²) >= 11 is 0. The highest BCUT2D eigenvalue weighted by Gasteiger charge is 2.25. The molecule has 1 heterocycles. The number of amides is 1. The van der Waals surface area contributed by atoms with Gasteiger partial charge in [0, 0.05) is 13.1 Å². The van der Waals surface area contributed by atoms with Gasteiger partial charge >= 0.3 is 6.09 Å². The molecule has 1 aromatic rings. The Bertz CT molecular complexity index is 475. The van der Waals surface area contributed by atoms with E-state index < -0.39 is 0 Å². The molecule has 4 heteroatoms. The molecule has 2 atom stereocenters. The summed E-state index contributed by atoms with van der Waals surface area (Å²) in [4.78, 5) is 14.2. The van der Waals surface area contributed by atoms with E-state index in [9.17, 15) is 4.79 Å². The average Bonchev–Trinajstić information content (AvgIpc) is 2.54. The molecule has 1 N–H and O–H groups in total. The number of nitrogens with one attached hydrogen (secondary N) is 1. The molecule has 120 valence electrons. The lowest BCUT2D eigenvalue weighted by atomic mass is 9.96. The maximum atomic E-state index is 11.7. The predicted octanol–water partition coefficient (Wildman–Crippen LogP) is 3.37. The van der Waals surface area contributed by atoms with Crippen LogP contribution in [0, 0.1) is 5.92 Å². The van der Waals surface area contributed by atoms with E-state index in [1.807, 2.05) is 18.2 Å². The first-order valence-corrected chi connectivity index (χ1v) is 8.01. The van der Waals surface area contributed by atoms with Crippen LogP contribution in [0.2, 0.25) is 0 Å². The normalized spacial score (nSPS) is 20.1. The number of piperidine rings is 1. The van der Waals surface area contributed by atoms with Gasteiger partial charge in [0.2, 0.25) is 0 Å². The maximum Gasteiger partial charge on any atom is 0.407 e. The van der Waals surface area contributed by atoms with Gasteiger partial charge in [-0.25, -0.2) is 4.79 Å². The van der Waals surface area contributed by atoms with Crippen LogP contribution in [-0.2, 0) is 4.74 Å². The first kappa shape index (κ1) is 16.6. The molecule has 1 fully saturated rings. The van der Waals surface area contributed by atoms with E-state index in [0.29, 0.717) is 12.5 Å². The molecule has 22 heavy (non-hydrogen) atoms. The minimum Gasteiger partial charge on any atom is -0.445 e. The van der Waals surface area contributed by atoms with Gasteiger partial charge in [0.05, 0.1) is 6.04 Å². The average molecular weight is 302 g/mol. The number of nitrogens with zero attached hydrogens (tertiary/aromatic N) is 1. The van der Waals surface area contributed by atoms with E-state index in [-0.39, 0.29) is 18.7 Å². The smallest absolute Gasteiger partial charge is 0.407 e. The molecule has 0 unspecified atom stereocenters. The Hall–Kier alpha value is -1.81. The second-order valence-electron chi connectivity index (χ2n) is 5.94. The molecule has 0 saturated carbocycles. The third kappa shape index (κ3) is 4.88. The van der Waals surface area contributed by atoms with Crippen LogP contribution in [0.4, 0.5) is 4.79 Å². The predicted molar refractivity (Wildman–Crippen MR) is 88.7 cm³/mol. The van der Waals surface area contributed by atoms with Crippen molar-refractivity contribution in [1.29, 1.82) is 0 Å². The summed E-state index contributed by atoms with van der Waals surface area (Å²) in [6, 6.07) is 10.6.